The molecular weight excluding hydrogens is 256 g/mol. The van der Waals surface area contributed by atoms with Crippen LogP contribution in [-0.2, 0) is 0 Å². The molecule has 0 saturated carbocycles. The van der Waals surface area contributed by atoms with Crippen molar-refractivity contribution in [1.29, 1.82) is 0 Å². The number of nitrogens with zero attached hydrogens (tertiary/aromatic N) is 1. The molecule has 0 unspecified atom stereocenters. The number of likely N-dealkylation sites (tertiary alicyclic amines) is 1. The van der Waals surface area contributed by atoms with Gasteiger partial charge in [-0.2, -0.15) is 0 Å². The van der Waals surface area contributed by atoms with Gasteiger partial charge < -0.3 is 19.9 Å². The van der Waals surface area contributed by atoms with Crippen molar-refractivity contribution in [3.8, 4) is 11.5 Å². The van der Waals surface area contributed by atoms with Crippen molar-refractivity contribution in [2.75, 3.05) is 34.4 Å². The van der Waals surface area contributed by atoms with Gasteiger partial charge in [-0.05, 0) is 26.0 Å². The Kier molecular flexibility index (Phi) is 5.23. The molecule has 0 amide bonds. The molecule has 2 atom stereocenters. The molecule has 1 aromatic rings. The molecule has 2 rings (SSSR count). The highest BCUT2D eigenvalue weighted by molar-refractivity contribution is 5.42. The number of nitrogens with one attached hydrogen (secondary N) is 1. The van der Waals surface area contributed by atoms with Crippen LogP contribution in [0, 0.1) is 0 Å². The van der Waals surface area contributed by atoms with E-state index in [4.69, 9.17) is 9.47 Å². The van der Waals surface area contributed by atoms with Gasteiger partial charge in [0.2, 0.25) is 0 Å². The van der Waals surface area contributed by atoms with Crippen LogP contribution in [0.5, 0.6) is 11.5 Å². The van der Waals surface area contributed by atoms with Crippen molar-refractivity contribution in [3.63, 3.8) is 0 Å². The van der Waals surface area contributed by atoms with Crippen molar-refractivity contribution in [2.24, 2.45) is 0 Å². The lowest BCUT2D eigenvalue weighted by Crippen LogP contribution is -2.37. The minimum Gasteiger partial charge on any atom is -0.497 e. The summed E-state index contributed by atoms with van der Waals surface area (Å²) >= 11 is 0. The van der Waals surface area contributed by atoms with Gasteiger partial charge in [0.25, 0.3) is 0 Å². The highest BCUT2D eigenvalue weighted by atomic mass is 16.5. The van der Waals surface area contributed by atoms with Crippen molar-refractivity contribution >= 4 is 0 Å². The standard InChI is InChI=1S/C15H24N2O3/c1-16-13(10-17-8-4-5-15(17)18)12-7-6-11(19-2)9-14(12)20-3/h6-7,9,13,15-16,18H,4-5,8,10H2,1-3H3/t13-,15+/m1/s1. The van der Waals surface area contributed by atoms with E-state index in [-0.39, 0.29) is 12.3 Å². The van der Waals surface area contributed by atoms with E-state index >= 15 is 0 Å². The van der Waals surface area contributed by atoms with Gasteiger partial charge >= 0.3 is 0 Å². The lowest BCUT2D eigenvalue weighted by atomic mass is 10.0. The zero-order chi connectivity index (χ0) is 14.5. The second kappa shape index (κ2) is 6.92. The van der Waals surface area contributed by atoms with Crippen LogP contribution >= 0.6 is 0 Å². The molecule has 1 aliphatic rings. The molecule has 0 aliphatic carbocycles. The number of ether oxygens (including phenoxy) is 2. The van der Waals surface area contributed by atoms with Gasteiger partial charge in [0.15, 0.2) is 0 Å². The van der Waals surface area contributed by atoms with Crippen LogP contribution in [-0.4, -0.2) is 50.6 Å². The second-order valence-corrected chi connectivity index (χ2v) is 5.07. The number of aliphatic hydroxyl groups excluding tert-OH is 1. The van der Waals surface area contributed by atoms with Crippen LogP contribution in [0.15, 0.2) is 18.2 Å². The summed E-state index contributed by atoms with van der Waals surface area (Å²) in [6, 6.07) is 5.95. The van der Waals surface area contributed by atoms with E-state index in [2.05, 4.69) is 10.2 Å². The van der Waals surface area contributed by atoms with Crippen LogP contribution in [0.3, 0.4) is 0 Å². The highest BCUT2D eigenvalue weighted by Crippen LogP contribution is 2.30. The lowest BCUT2D eigenvalue weighted by molar-refractivity contribution is 0.0321. The van der Waals surface area contributed by atoms with Gasteiger partial charge in [0.05, 0.1) is 14.2 Å². The molecule has 1 saturated heterocycles. The maximum atomic E-state index is 9.94. The average molecular weight is 280 g/mol. The smallest absolute Gasteiger partial charge is 0.127 e. The fourth-order valence-corrected chi connectivity index (χ4v) is 2.71. The van der Waals surface area contributed by atoms with Gasteiger partial charge in [-0.3, -0.25) is 4.90 Å². The summed E-state index contributed by atoms with van der Waals surface area (Å²) in [5, 5.41) is 13.2. The quantitative estimate of drug-likeness (QED) is 0.824. The van der Waals surface area contributed by atoms with Gasteiger partial charge in [-0.1, -0.05) is 6.07 Å². The number of rotatable bonds is 6. The van der Waals surface area contributed by atoms with Gasteiger partial charge in [0, 0.05) is 30.8 Å². The molecule has 112 valence electrons. The minimum absolute atomic E-state index is 0.114. The first-order valence-electron chi connectivity index (χ1n) is 7.01. The predicted molar refractivity (Wildman–Crippen MR) is 78.2 cm³/mol. The van der Waals surface area contributed by atoms with E-state index in [1.807, 2.05) is 25.2 Å². The van der Waals surface area contributed by atoms with Crippen LogP contribution in [0.4, 0.5) is 0 Å². The fourth-order valence-electron chi connectivity index (χ4n) is 2.71. The number of likely N-dealkylation sites (N-methyl/N-ethyl adjacent to an activating group) is 1. The molecule has 1 fully saturated rings. The Bertz CT molecular complexity index is 439. The first-order chi connectivity index (χ1) is 9.69. The summed E-state index contributed by atoms with van der Waals surface area (Å²) in [5.74, 6) is 1.58. The van der Waals surface area contributed by atoms with E-state index in [1.54, 1.807) is 14.2 Å². The molecule has 1 aliphatic heterocycles. The van der Waals surface area contributed by atoms with Crippen molar-refractivity contribution in [2.45, 2.75) is 25.1 Å². The van der Waals surface area contributed by atoms with Crippen molar-refractivity contribution in [3.05, 3.63) is 23.8 Å². The van der Waals surface area contributed by atoms with Crippen LogP contribution in [0.2, 0.25) is 0 Å². The summed E-state index contributed by atoms with van der Waals surface area (Å²) in [6.45, 7) is 1.71. The first-order valence-corrected chi connectivity index (χ1v) is 7.01. The molecule has 0 aromatic heterocycles. The Morgan fingerprint density at radius 1 is 1.40 bits per heavy atom. The van der Waals surface area contributed by atoms with E-state index < -0.39 is 0 Å². The Balaban J connectivity index is 2.17. The summed E-state index contributed by atoms with van der Waals surface area (Å²) in [7, 11) is 5.23. The number of hydrogen-bond acceptors (Lipinski definition) is 5. The largest absolute Gasteiger partial charge is 0.497 e. The monoisotopic (exact) mass is 280 g/mol. The Hall–Kier alpha value is -1.30. The Labute approximate surface area is 120 Å². The summed E-state index contributed by atoms with van der Waals surface area (Å²) in [5.41, 5.74) is 1.08. The topological polar surface area (TPSA) is 54.0 Å². The number of aliphatic hydroxyl groups is 1. The maximum absolute atomic E-state index is 9.94. The lowest BCUT2D eigenvalue weighted by Gasteiger charge is -2.27. The predicted octanol–water partition coefficient (Wildman–Crippen LogP) is 1.38. The SMILES string of the molecule is CN[C@H](CN1CCC[C@@H]1O)c1ccc(OC)cc1OC. The van der Waals surface area contributed by atoms with Gasteiger partial charge in [-0.25, -0.2) is 0 Å². The van der Waals surface area contributed by atoms with Crippen LogP contribution < -0.4 is 14.8 Å². The molecule has 5 nitrogen and oxygen atoms in total. The first kappa shape index (κ1) is 15.1. The molecule has 0 spiro atoms. The summed E-state index contributed by atoms with van der Waals surface area (Å²) in [6.07, 6.45) is 1.59. The van der Waals surface area contributed by atoms with Gasteiger partial charge in [-0.15, -0.1) is 0 Å². The highest BCUT2D eigenvalue weighted by Gasteiger charge is 2.26. The van der Waals surface area contributed by atoms with E-state index in [9.17, 15) is 5.11 Å². The minimum atomic E-state index is -0.324. The average Bonchev–Trinajstić information content (AvgIpc) is 2.89. The number of hydrogen-bond donors (Lipinski definition) is 2. The number of benzene rings is 1. The molecule has 2 N–H and O–H groups in total. The van der Waals surface area contributed by atoms with Crippen molar-refractivity contribution in [1.82, 2.24) is 10.2 Å². The summed E-state index contributed by atoms with van der Waals surface area (Å²) < 4.78 is 10.7. The fraction of sp³-hybridized carbons (Fsp3) is 0.600. The Morgan fingerprint density at radius 3 is 2.75 bits per heavy atom. The van der Waals surface area contributed by atoms with E-state index in [0.29, 0.717) is 0 Å². The van der Waals surface area contributed by atoms with Crippen molar-refractivity contribution < 1.29 is 14.6 Å². The maximum Gasteiger partial charge on any atom is 0.127 e. The van der Waals surface area contributed by atoms with Gasteiger partial charge in [0.1, 0.15) is 17.7 Å². The number of methoxy groups -OCH3 is 2. The zero-order valence-corrected chi connectivity index (χ0v) is 12.4. The van der Waals surface area contributed by atoms with Crippen LogP contribution in [0.1, 0.15) is 24.4 Å². The van der Waals surface area contributed by atoms with E-state index in [0.717, 1.165) is 43.0 Å². The third-order valence-corrected chi connectivity index (χ3v) is 3.91. The molecule has 1 heterocycles. The molecule has 0 bridgehead atoms. The van der Waals surface area contributed by atoms with E-state index in [1.165, 1.54) is 0 Å². The third-order valence-electron chi connectivity index (χ3n) is 3.91. The molecule has 20 heavy (non-hydrogen) atoms. The third kappa shape index (κ3) is 3.23. The second-order valence-electron chi connectivity index (χ2n) is 5.07. The molecule has 5 heteroatoms. The van der Waals surface area contributed by atoms with Crippen LogP contribution in [0.25, 0.3) is 0 Å². The zero-order valence-electron chi connectivity index (χ0n) is 12.4. The summed E-state index contributed by atoms with van der Waals surface area (Å²) in [4.78, 5) is 2.10. The molecule has 0 radical (unpaired) electrons. The molecule has 1 aromatic carbocycles. The Morgan fingerprint density at radius 2 is 2.20 bits per heavy atom. The normalized spacial score (nSPS) is 20.9. The molecular formula is C15H24N2O3.